The Bertz CT molecular complexity index is 188. The van der Waals surface area contributed by atoms with Crippen molar-refractivity contribution in [3.05, 3.63) is 9.48 Å². The van der Waals surface area contributed by atoms with E-state index in [9.17, 15) is 0 Å². The first-order chi connectivity index (χ1) is 4.34. The van der Waals surface area contributed by atoms with Crippen LogP contribution in [0.15, 0.2) is 3.79 Å². The second-order valence-corrected chi connectivity index (χ2v) is 3.60. The van der Waals surface area contributed by atoms with Crippen LogP contribution < -0.4 is 5.73 Å². The minimum Gasteiger partial charge on any atom is -0.330 e. The van der Waals surface area contributed by atoms with E-state index in [1.807, 2.05) is 0 Å². The van der Waals surface area contributed by atoms with Gasteiger partial charge in [-0.15, -0.1) is 5.10 Å². The van der Waals surface area contributed by atoms with Crippen molar-refractivity contribution in [2.45, 2.75) is 6.42 Å². The molecule has 0 bridgehead atoms. The van der Waals surface area contributed by atoms with Crippen molar-refractivity contribution in [1.29, 1.82) is 0 Å². The zero-order valence-corrected chi connectivity index (χ0v) is 7.07. The van der Waals surface area contributed by atoms with E-state index in [2.05, 4.69) is 25.5 Å². The van der Waals surface area contributed by atoms with Crippen LogP contribution in [0.1, 0.15) is 5.69 Å². The molecule has 50 valence electrons. The fraction of sp³-hybridized carbons (Fsp3) is 0.500. The third-order valence-electron chi connectivity index (χ3n) is 0.891. The van der Waals surface area contributed by atoms with Crippen molar-refractivity contribution in [3.63, 3.8) is 0 Å². The van der Waals surface area contributed by atoms with Crippen molar-refractivity contribution in [2.75, 3.05) is 6.54 Å². The van der Waals surface area contributed by atoms with Crippen molar-refractivity contribution < 1.29 is 0 Å². The molecule has 0 aliphatic heterocycles. The molecule has 1 heterocycles. The van der Waals surface area contributed by atoms with Crippen molar-refractivity contribution in [2.24, 2.45) is 5.73 Å². The number of nitrogens with two attached hydrogens (primary N) is 1. The monoisotopic (exact) mass is 207 g/mol. The fourth-order valence-corrected chi connectivity index (χ4v) is 1.41. The molecule has 9 heavy (non-hydrogen) atoms. The molecule has 3 nitrogen and oxygen atoms in total. The van der Waals surface area contributed by atoms with Gasteiger partial charge in [0.25, 0.3) is 0 Å². The maximum atomic E-state index is 5.30. The lowest BCUT2D eigenvalue weighted by atomic mass is 10.3. The molecule has 0 aliphatic carbocycles. The summed E-state index contributed by atoms with van der Waals surface area (Å²) in [5, 5.41) is 3.85. The molecule has 0 saturated heterocycles. The molecular weight excluding hydrogens is 202 g/mol. The Balaban J connectivity index is 2.69. The van der Waals surface area contributed by atoms with E-state index >= 15 is 0 Å². The molecule has 0 fully saturated rings. The normalized spacial score (nSPS) is 10.0. The summed E-state index contributed by atoms with van der Waals surface area (Å²) in [6, 6.07) is 0. The smallest absolute Gasteiger partial charge is 0.114 e. The Labute approximate surface area is 65.6 Å². The number of hydrogen-bond donors (Lipinski definition) is 1. The highest BCUT2D eigenvalue weighted by Gasteiger charge is 2.01. The highest BCUT2D eigenvalue weighted by molar-refractivity contribution is 9.11. The summed E-state index contributed by atoms with van der Waals surface area (Å²) in [7, 11) is 0. The molecule has 1 aromatic rings. The third-order valence-corrected chi connectivity index (χ3v) is 2.34. The molecule has 0 spiro atoms. The number of aromatic nitrogens is 2. The summed E-state index contributed by atoms with van der Waals surface area (Å²) in [6.45, 7) is 0.629. The number of rotatable bonds is 2. The molecule has 1 aromatic heterocycles. The van der Waals surface area contributed by atoms with Gasteiger partial charge in [-0.25, -0.2) is 0 Å². The molecular formula is C4H6BrN3S. The summed E-state index contributed by atoms with van der Waals surface area (Å²) in [4.78, 5) is 0. The van der Waals surface area contributed by atoms with Crippen LogP contribution in [0.25, 0.3) is 0 Å². The van der Waals surface area contributed by atoms with Crippen LogP contribution in [-0.2, 0) is 6.42 Å². The lowest BCUT2D eigenvalue weighted by Gasteiger charge is -1.87. The molecule has 1 rings (SSSR count). The average molecular weight is 208 g/mol. The van der Waals surface area contributed by atoms with E-state index in [1.54, 1.807) is 0 Å². The Hall–Kier alpha value is -0.000000000000000111. The van der Waals surface area contributed by atoms with Gasteiger partial charge < -0.3 is 5.73 Å². The molecule has 0 aliphatic rings. The van der Waals surface area contributed by atoms with Gasteiger partial charge >= 0.3 is 0 Å². The lowest BCUT2D eigenvalue weighted by molar-refractivity contribution is 0.902. The minimum atomic E-state index is 0.629. The van der Waals surface area contributed by atoms with Gasteiger partial charge in [0.1, 0.15) is 3.79 Å². The van der Waals surface area contributed by atoms with E-state index < -0.39 is 0 Å². The molecule has 2 N–H and O–H groups in total. The van der Waals surface area contributed by atoms with Gasteiger partial charge in [-0.3, -0.25) is 0 Å². The van der Waals surface area contributed by atoms with Gasteiger partial charge in [-0.2, -0.15) is 0 Å². The van der Waals surface area contributed by atoms with Crippen LogP contribution in [0.4, 0.5) is 0 Å². The SMILES string of the molecule is NCCc1nnsc1Br. The van der Waals surface area contributed by atoms with Crippen LogP contribution in [-0.4, -0.2) is 16.1 Å². The zero-order valence-electron chi connectivity index (χ0n) is 4.67. The molecule has 0 radical (unpaired) electrons. The first kappa shape index (κ1) is 7.11. The van der Waals surface area contributed by atoms with E-state index in [0.717, 1.165) is 15.9 Å². The summed E-state index contributed by atoms with van der Waals surface area (Å²) in [5.41, 5.74) is 6.27. The van der Waals surface area contributed by atoms with Crippen molar-refractivity contribution in [3.8, 4) is 0 Å². The number of halogens is 1. The van der Waals surface area contributed by atoms with Crippen LogP contribution in [0.5, 0.6) is 0 Å². The molecule has 0 unspecified atom stereocenters. The Morgan fingerprint density at radius 1 is 1.67 bits per heavy atom. The quantitative estimate of drug-likeness (QED) is 0.782. The number of nitrogens with zero attached hydrogens (tertiary/aromatic N) is 2. The van der Waals surface area contributed by atoms with Crippen molar-refractivity contribution >= 4 is 27.5 Å². The molecule has 5 heteroatoms. The van der Waals surface area contributed by atoms with Gasteiger partial charge in [0.05, 0.1) is 5.69 Å². The first-order valence-electron chi connectivity index (χ1n) is 2.51. The largest absolute Gasteiger partial charge is 0.330 e. The van der Waals surface area contributed by atoms with Gasteiger partial charge in [-0.05, 0) is 34.0 Å². The predicted molar refractivity (Wildman–Crippen MR) is 40.4 cm³/mol. The van der Waals surface area contributed by atoms with Gasteiger partial charge in [0, 0.05) is 6.42 Å². The first-order valence-corrected chi connectivity index (χ1v) is 4.08. The van der Waals surface area contributed by atoms with Crippen molar-refractivity contribution in [1.82, 2.24) is 9.59 Å². The summed E-state index contributed by atoms with van der Waals surface area (Å²) < 4.78 is 4.72. The molecule has 0 atom stereocenters. The van der Waals surface area contributed by atoms with Gasteiger partial charge in [0.2, 0.25) is 0 Å². The maximum absolute atomic E-state index is 5.30. The highest BCUT2D eigenvalue weighted by Crippen LogP contribution is 2.17. The topological polar surface area (TPSA) is 51.8 Å². The second kappa shape index (κ2) is 3.24. The second-order valence-electron chi connectivity index (χ2n) is 1.53. The van der Waals surface area contributed by atoms with E-state index in [-0.39, 0.29) is 0 Å². The Morgan fingerprint density at radius 2 is 2.44 bits per heavy atom. The van der Waals surface area contributed by atoms with Crippen LogP contribution in [0.3, 0.4) is 0 Å². The van der Waals surface area contributed by atoms with Crippen LogP contribution in [0.2, 0.25) is 0 Å². The third kappa shape index (κ3) is 1.70. The Morgan fingerprint density at radius 3 is 2.89 bits per heavy atom. The standard InChI is InChI=1S/C4H6BrN3S/c5-4-3(1-2-6)7-8-9-4/h1-2,6H2. The fourth-order valence-electron chi connectivity index (χ4n) is 0.483. The molecule has 0 aromatic carbocycles. The van der Waals surface area contributed by atoms with E-state index in [0.29, 0.717) is 6.54 Å². The average Bonchev–Trinajstić information content (AvgIpc) is 2.18. The van der Waals surface area contributed by atoms with E-state index in [1.165, 1.54) is 11.5 Å². The lowest BCUT2D eigenvalue weighted by Crippen LogP contribution is -2.03. The summed E-state index contributed by atoms with van der Waals surface area (Å²) in [6.07, 6.45) is 0.803. The minimum absolute atomic E-state index is 0.629. The van der Waals surface area contributed by atoms with Crippen LogP contribution in [0, 0.1) is 0 Å². The van der Waals surface area contributed by atoms with E-state index in [4.69, 9.17) is 5.73 Å². The number of hydrogen-bond acceptors (Lipinski definition) is 4. The van der Waals surface area contributed by atoms with Crippen LogP contribution >= 0.6 is 27.5 Å². The summed E-state index contributed by atoms with van der Waals surface area (Å²) >= 11 is 4.65. The highest BCUT2D eigenvalue weighted by atomic mass is 79.9. The predicted octanol–water partition coefficient (Wildman–Crippen LogP) is 0.802. The molecule has 0 amide bonds. The maximum Gasteiger partial charge on any atom is 0.114 e. The van der Waals surface area contributed by atoms with Gasteiger partial charge in [-0.1, -0.05) is 4.49 Å². The Kier molecular flexibility index (Phi) is 2.56. The zero-order chi connectivity index (χ0) is 6.69. The van der Waals surface area contributed by atoms with Gasteiger partial charge in [0.15, 0.2) is 0 Å². The summed E-state index contributed by atoms with van der Waals surface area (Å²) in [5.74, 6) is 0. The molecule has 0 saturated carbocycles.